The molecule has 1 aliphatic heterocycles. The van der Waals surface area contributed by atoms with Gasteiger partial charge in [-0.05, 0) is 38.0 Å². The standard InChI is InChI=1S/C15H24N2O4S/c1-2-12-22(19,20)17-9-6-13(7-10-17)4-3-5-14(18)15-16-8-11-21-15/h8,11,13H,2-7,9-10,12H2,1H3. The molecule has 1 aromatic rings. The molecular formula is C15H24N2O4S. The zero-order chi connectivity index (χ0) is 16.0. The SMILES string of the molecule is CCCS(=O)(=O)N1CCC(CCCC(=O)c2ncco2)CC1. The molecule has 0 aliphatic carbocycles. The van der Waals surface area contributed by atoms with E-state index in [0.29, 0.717) is 31.8 Å². The fourth-order valence-corrected chi connectivity index (χ4v) is 4.42. The van der Waals surface area contributed by atoms with Crippen molar-refractivity contribution in [3.05, 3.63) is 18.4 Å². The van der Waals surface area contributed by atoms with Crippen molar-refractivity contribution in [2.75, 3.05) is 18.8 Å². The first kappa shape index (κ1) is 17.1. The number of hydrogen-bond donors (Lipinski definition) is 0. The molecule has 0 amide bonds. The van der Waals surface area contributed by atoms with Crippen LogP contribution in [-0.2, 0) is 10.0 Å². The zero-order valence-electron chi connectivity index (χ0n) is 13.0. The van der Waals surface area contributed by atoms with E-state index in [2.05, 4.69) is 4.98 Å². The number of nitrogens with zero attached hydrogens (tertiary/aromatic N) is 2. The first-order chi connectivity index (χ1) is 10.5. The average molecular weight is 328 g/mol. The van der Waals surface area contributed by atoms with E-state index < -0.39 is 10.0 Å². The lowest BCUT2D eigenvalue weighted by atomic mass is 9.92. The van der Waals surface area contributed by atoms with E-state index in [9.17, 15) is 13.2 Å². The molecule has 7 heteroatoms. The number of carbonyl (C=O) groups excluding carboxylic acids is 1. The van der Waals surface area contributed by atoms with Crippen LogP contribution in [0.1, 0.15) is 56.1 Å². The van der Waals surface area contributed by atoms with Gasteiger partial charge in [0.1, 0.15) is 6.26 Å². The number of ketones is 1. The first-order valence-electron chi connectivity index (χ1n) is 7.93. The van der Waals surface area contributed by atoms with Crippen LogP contribution in [0, 0.1) is 5.92 Å². The quantitative estimate of drug-likeness (QED) is 0.685. The van der Waals surface area contributed by atoms with Crippen LogP contribution in [0.25, 0.3) is 0 Å². The van der Waals surface area contributed by atoms with Crippen LogP contribution in [0.3, 0.4) is 0 Å². The maximum atomic E-state index is 12.0. The predicted octanol–water partition coefficient (Wildman–Crippen LogP) is 2.48. The van der Waals surface area contributed by atoms with Crippen LogP contribution < -0.4 is 0 Å². The van der Waals surface area contributed by atoms with Crippen molar-refractivity contribution in [3.8, 4) is 0 Å². The van der Waals surface area contributed by atoms with Gasteiger partial charge in [-0.1, -0.05) is 6.92 Å². The Morgan fingerprint density at radius 2 is 2.14 bits per heavy atom. The van der Waals surface area contributed by atoms with Gasteiger partial charge in [0.2, 0.25) is 15.8 Å². The Balaban J connectivity index is 1.69. The molecule has 0 radical (unpaired) electrons. The van der Waals surface area contributed by atoms with Gasteiger partial charge >= 0.3 is 0 Å². The van der Waals surface area contributed by atoms with Gasteiger partial charge in [0.15, 0.2) is 0 Å². The topological polar surface area (TPSA) is 80.5 Å². The van der Waals surface area contributed by atoms with Crippen molar-refractivity contribution in [3.63, 3.8) is 0 Å². The highest BCUT2D eigenvalue weighted by Crippen LogP contribution is 2.24. The fraction of sp³-hybridized carbons (Fsp3) is 0.733. The Morgan fingerprint density at radius 3 is 2.73 bits per heavy atom. The summed E-state index contributed by atoms with van der Waals surface area (Å²) >= 11 is 0. The van der Waals surface area contributed by atoms with E-state index in [1.165, 1.54) is 12.5 Å². The Bertz CT molecular complexity index is 560. The van der Waals surface area contributed by atoms with E-state index in [1.54, 1.807) is 4.31 Å². The Hall–Kier alpha value is -1.21. The molecule has 22 heavy (non-hydrogen) atoms. The summed E-state index contributed by atoms with van der Waals surface area (Å²) in [6.07, 6.45) is 7.49. The third-order valence-electron chi connectivity index (χ3n) is 4.12. The lowest BCUT2D eigenvalue weighted by molar-refractivity contribution is 0.0942. The number of Topliss-reactive ketones (excluding diaryl/α,β-unsaturated/α-hetero) is 1. The van der Waals surface area contributed by atoms with Crippen molar-refractivity contribution in [1.29, 1.82) is 0 Å². The summed E-state index contributed by atoms with van der Waals surface area (Å²) < 4.78 is 30.6. The molecule has 1 aliphatic rings. The largest absolute Gasteiger partial charge is 0.442 e. The summed E-state index contributed by atoms with van der Waals surface area (Å²) in [5.41, 5.74) is 0. The highest BCUT2D eigenvalue weighted by atomic mass is 32.2. The number of rotatable bonds is 8. The second kappa shape index (κ2) is 7.87. The van der Waals surface area contributed by atoms with Crippen LogP contribution in [0.2, 0.25) is 0 Å². The van der Waals surface area contributed by atoms with E-state index in [1.807, 2.05) is 6.92 Å². The molecule has 0 spiro atoms. The molecule has 124 valence electrons. The third-order valence-corrected chi connectivity index (χ3v) is 6.19. The van der Waals surface area contributed by atoms with Gasteiger partial charge in [-0.3, -0.25) is 4.79 Å². The van der Waals surface area contributed by atoms with Crippen molar-refractivity contribution in [2.24, 2.45) is 5.92 Å². The number of piperidine rings is 1. The molecule has 0 aromatic carbocycles. The van der Waals surface area contributed by atoms with E-state index >= 15 is 0 Å². The molecule has 0 bridgehead atoms. The van der Waals surface area contributed by atoms with Gasteiger partial charge in [0, 0.05) is 19.5 Å². The second-order valence-corrected chi connectivity index (χ2v) is 7.90. The molecule has 0 saturated carbocycles. The number of sulfonamides is 1. The van der Waals surface area contributed by atoms with Crippen LogP contribution in [0.5, 0.6) is 0 Å². The summed E-state index contributed by atoms with van der Waals surface area (Å²) in [4.78, 5) is 15.6. The highest BCUT2D eigenvalue weighted by molar-refractivity contribution is 7.89. The summed E-state index contributed by atoms with van der Waals surface area (Å²) in [5.74, 6) is 0.862. The number of carbonyl (C=O) groups is 1. The Morgan fingerprint density at radius 1 is 1.41 bits per heavy atom. The minimum atomic E-state index is -3.06. The van der Waals surface area contributed by atoms with Crippen molar-refractivity contribution < 1.29 is 17.6 Å². The van der Waals surface area contributed by atoms with Gasteiger partial charge in [-0.25, -0.2) is 17.7 Å². The number of hydrogen-bond acceptors (Lipinski definition) is 5. The Labute approximate surface area is 132 Å². The first-order valence-corrected chi connectivity index (χ1v) is 9.54. The zero-order valence-corrected chi connectivity index (χ0v) is 13.8. The maximum absolute atomic E-state index is 12.0. The van der Waals surface area contributed by atoms with Gasteiger partial charge in [-0.2, -0.15) is 0 Å². The lowest BCUT2D eigenvalue weighted by Crippen LogP contribution is -2.39. The van der Waals surface area contributed by atoms with Gasteiger partial charge in [0.05, 0.1) is 11.9 Å². The van der Waals surface area contributed by atoms with E-state index in [0.717, 1.165) is 25.7 Å². The smallest absolute Gasteiger partial charge is 0.263 e. The average Bonchev–Trinajstić information content (AvgIpc) is 3.02. The minimum Gasteiger partial charge on any atom is -0.442 e. The normalized spacial score (nSPS) is 17.7. The highest BCUT2D eigenvalue weighted by Gasteiger charge is 2.27. The summed E-state index contributed by atoms with van der Waals surface area (Å²) in [5, 5.41) is 0. The lowest BCUT2D eigenvalue weighted by Gasteiger charge is -2.31. The van der Waals surface area contributed by atoms with Crippen molar-refractivity contribution >= 4 is 15.8 Å². The molecule has 0 unspecified atom stereocenters. The summed E-state index contributed by atoms with van der Waals surface area (Å²) in [6.45, 7) is 3.11. The van der Waals surface area contributed by atoms with Crippen LogP contribution >= 0.6 is 0 Å². The minimum absolute atomic E-state index is 0.0621. The molecule has 2 heterocycles. The number of oxazole rings is 1. The van der Waals surface area contributed by atoms with Crippen molar-refractivity contribution in [2.45, 2.75) is 45.4 Å². The molecule has 2 rings (SSSR count). The fourth-order valence-electron chi connectivity index (χ4n) is 2.88. The van der Waals surface area contributed by atoms with E-state index in [4.69, 9.17) is 4.42 Å². The van der Waals surface area contributed by atoms with E-state index in [-0.39, 0.29) is 17.4 Å². The van der Waals surface area contributed by atoms with Crippen LogP contribution in [0.4, 0.5) is 0 Å². The maximum Gasteiger partial charge on any atom is 0.263 e. The van der Waals surface area contributed by atoms with Crippen LogP contribution in [-0.4, -0.2) is 42.3 Å². The number of aromatic nitrogens is 1. The molecule has 0 atom stereocenters. The van der Waals surface area contributed by atoms with Crippen molar-refractivity contribution in [1.82, 2.24) is 9.29 Å². The summed E-state index contributed by atoms with van der Waals surface area (Å²) in [7, 11) is -3.06. The predicted molar refractivity (Wildman–Crippen MR) is 83.1 cm³/mol. The van der Waals surface area contributed by atoms with Gasteiger partial charge in [0.25, 0.3) is 5.89 Å². The third kappa shape index (κ3) is 4.64. The van der Waals surface area contributed by atoms with Crippen LogP contribution in [0.15, 0.2) is 16.9 Å². The molecule has 1 aromatic heterocycles. The molecular weight excluding hydrogens is 304 g/mol. The molecule has 6 nitrogen and oxygen atoms in total. The molecule has 1 fully saturated rings. The Kier molecular flexibility index (Phi) is 6.14. The second-order valence-electron chi connectivity index (χ2n) is 5.81. The summed E-state index contributed by atoms with van der Waals surface area (Å²) in [6, 6.07) is 0. The van der Waals surface area contributed by atoms with Gasteiger partial charge < -0.3 is 4.42 Å². The molecule has 0 N–H and O–H groups in total. The molecule has 1 saturated heterocycles. The van der Waals surface area contributed by atoms with Gasteiger partial charge in [-0.15, -0.1) is 0 Å². The monoisotopic (exact) mass is 328 g/mol.